The number of nitrogens with two attached hydrogens (primary N) is 1. The molecule has 0 unspecified atom stereocenters. The first-order chi connectivity index (χ1) is 6.50. The third kappa shape index (κ3) is 1.25. The van der Waals surface area contributed by atoms with Crippen molar-refractivity contribution in [3.8, 4) is 0 Å². The van der Waals surface area contributed by atoms with E-state index >= 15 is 0 Å². The van der Waals surface area contributed by atoms with Crippen LogP contribution in [-0.2, 0) is 5.41 Å². The van der Waals surface area contributed by atoms with Crippen LogP contribution in [-0.4, -0.2) is 5.16 Å². The number of fused-ring (bicyclic) bond motifs is 1. The Hall–Kier alpha value is -1.51. The predicted molar refractivity (Wildman–Crippen MR) is 57.1 cm³/mol. The van der Waals surface area contributed by atoms with E-state index in [4.69, 9.17) is 10.3 Å². The maximum Gasteiger partial charge on any atom is 0.174 e. The number of hydrogen-bond acceptors (Lipinski definition) is 3. The third-order valence-electron chi connectivity index (χ3n) is 2.33. The topological polar surface area (TPSA) is 52.0 Å². The minimum absolute atomic E-state index is 0.0471. The van der Waals surface area contributed by atoms with Gasteiger partial charge in [0.1, 0.15) is 0 Å². The van der Waals surface area contributed by atoms with Gasteiger partial charge in [-0.25, -0.2) is 0 Å². The second kappa shape index (κ2) is 2.74. The Bertz CT molecular complexity index is 466. The summed E-state index contributed by atoms with van der Waals surface area (Å²) in [5.74, 6) is 0.464. The number of anilines is 1. The average Bonchev–Trinajstić information content (AvgIpc) is 2.46. The number of benzene rings is 1. The highest BCUT2D eigenvalue weighted by molar-refractivity contribution is 5.89. The molecule has 0 bridgehead atoms. The lowest BCUT2D eigenvalue weighted by atomic mass is 9.86. The first-order valence-electron chi connectivity index (χ1n) is 4.64. The van der Waals surface area contributed by atoms with Crippen molar-refractivity contribution in [1.29, 1.82) is 0 Å². The van der Waals surface area contributed by atoms with Crippen molar-refractivity contribution in [3.63, 3.8) is 0 Å². The summed E-state index contributed by atoms with van der Waals surface area (Å²) in [4.78, 5) is 0. The van der Waals surface area contributed by atoms with E-state index in [0.29, 0.717) is 5.82 Å². The van der Waals surface area contributed by atoms with Crippen molar-refractivity contribution in [2.75, 3.05) is 5.73 Å². The van der Waals surface area contributed by atoms with Gasteiger partial charge >= 0.3 is 0 Å². The highest BCUT2D eigenvalue weighted by Crippen LogP contribution is 2.31. The van der Waals surface area contributed by atoms with E-state index in [2.05, 4.69) is 25.9 Å². The molecule has 2 rings (SSSR count). The number of nitrogen functional groups attached to an aromatic ring is 1. The van der Waals surface area contributed by atoms with Gasteiger partial charge in [0, 0.05) is 5.56 Å². The molecule has 0 saturated carbocycles. The Morgan fingerprint density at radius 3 is 2.64 bits per heavy atom. The van der Waals surface area contributed by atoms with Crippen LogP contribution in [0.2, 0.25) is 0 Å². The Morgan fingerprint density at radius 1 is 1.29 bits per heavy atom. The lowest BCUT2D eigenvalue weighted by Gasteiger charge is -2.18. The molecule has 74 valence electrons. The zero-order valence-corrected chi connectivity index (χ0v) is 8.66. The molecule has 0 fully saturated rings. The van der Waals surface area contributed by atoms with Crippen molar-refractivity contribution in [3.05, 3.63) is 23.8 Å². The van der Waals surface area contributed by atoms with Gasteiger partial charge in [0.25, 0.3) is 0 Å². The molecule has 0 aliphatic heterocycles. The zero-order chi connectivity index (χ0) is 10.3. The Labute approximate surface area is 82.9 Å². The molecule has 0 aliphatic carbocycles. The third-order valence-corrected chi connectivity index (χ3v) is 2.33. The van der Waals surface area contributed by atoms with E-state index in [9.17, 15) is 0 Å². The van der Waals surface area contributed by atoms with Crippen LogP contribution in [0.5, 0.6) is 0 Å². The van der Waals surface area contributed by atoms with Gasteiger partial charge in [-0.15, -0.1) is 0 Å². The summed E-state index contributed by atoms with van der Waals surface area (Å²) in [6.07, 6.45) is 0. The second-order valence-electron chi connectivity index (χ2n) is 4.50. The van der Waals surface area contributed by atoms with E-state index in [1.165, 1.54) is 0 Å². The van der Waals surface area contributed by atoms with Gasteiger partial charge < -0.3 is 10.3 Å². The van der Waals surface area contributed by atoms with E-state index in [1.54, 1.807) is 0 Å². The molecule has 0 atom stereocenters. The van der Waals surface area contributed by atoms with Crippen LogP contribution in [0.1, 0.15) is 26.3 Å². The lowest BCUT2D eigenvalue weighted by Crippen LogP contribution is -2.11. The summed E-state index contributed by atoms with van der Waals surface area (Å²) < 4.78 is 5.23. The Balaban J connectivity index is 2.79. The molecule has 1 heterocycles. The van der Waals surface area contributed by atoms with Crippen LogP contribution in [0.4, 0.5) is 5.82 Å². The van der Waals surface area contributed by atoms with Crippen molar-refractivity contribution < 1.29 is 4.52 Å². The Morgan fingerprint density at radius 2 is 2.00 bits per heavy atom. The monoisotopic (exact) mass is 190 g/mol. The molecule has 2 N–H and O–H groups in total. The molecule has 14 heavy (non-hydrogen) atoms. The standard InChI is InChI=1S/C11H14N2O/c1-11(2,3)8-6-4-5-7-9(8)14-13-10(7)12/h4-6H,1-3H3,(H2,12,13). The van der Waals surface area contributed by atoms with Crippen LogP contribution in [0.15, 0.2) is 22.7 Å². The quantitative estimate of drug-likeness (QED) is 0.694. The van der Waals surface area contributed by atoms with Crippen LogP contribution in [0.3, 0.4) is 0 Å². The summed E-state index contributed by atoms with van der Waals surface area (Å²) >= 11 is 0. The van der Waals surface area contributed by atoms with Crippen LogP contribution >= 0.6 is 0 Å². The summed E-state index contributed by atoms with van der Waals surface area (Å²) in [6.45, 7) is 6.42. The first-order valence-corrected chi connectivity index (χ1v) is 4.64. The molecule has 1 aromatic heterocycles. The molecule has 3 nitrogen and oxygen atoms in total. The van der Waals surface area contributed by atoms with Crippen molar-refractivity contribution in [1.82, 2.24) is 5.16 Å². The molecule has 0 amide bonds. The number of nitrogens with zero attached hydrogens (tertiary/aromatic N) is 1. The molecule has 0 radical (unpaired) electrons. The van der Waals surface area contributed by atoms with E-state index < -0.39 is 0 Å². The normalized spacial score (nSPS) is 12.2. The number of rotatable bonds is 0. The SMILES string of the molecule is CC(C)(C)c1cccc2c(N)noc12. The molecule has 0 saturated heterocycles. The molecular formula is C11H14N2O. The molecule has 0 spiro atoms. The fraction of sp³-hybridized carbons (Fsp3) is 0.364. The van der Waals surface area contributed by atoms with Gasteiger partial charge in [-0.05, 0) is 11.5 Å². The smallest absolute Gasteiger partial charge is 0.174 e. The highest BCUT2D eigenvalue weighted by Gasteiger charge is 2.20. The maximum absolute atomic E-state index is 5.68. The maximum atomic E-state index is 5.68. The summed E-state index contributed by atoms with van der Waals surface area (Å²) in [6, 6.07) is 5.96. The summed E-state index contributed by atoms with van der Waals surface area (Å²) in [7, 11) is 0. The van der Waals surface area contributed by atoms with Gasteiger partial charge in [0.15, 0.2) is 11.4 Å². The van der Waals surface area contributed by atoms with Gasteiger partial charge in [0.05, 0.1) is 5.39 Å². The predicted octanol–water partition coefficient (Wildman–Crippen LogP) is 2.71. The number of aromatic nitrogens is 1. The summed E-state index contributed by atoms with van der Waals surface area (Å²) in [5, 5.41) is 4.67. The second-order valence-corrected chi connectivity index (χ2v) is 4.50. The Kier molecular flexibility index (Phi) is 1.77. The van der Waals surface area contributed by atoms with Crippen LogP contribution in [0, 0.1) is 0 Å². The molecule has 1 aromatic carbocycles. The van der Waals surface area contributed by atoms with Gasteiger partial charge in [0.2, 0.25) is 0 Å². The van der Waals surface area contributed by atoms with Crippen LogP contribution < -0.4 is 5.73 Å². The zero-order valence-electron chi connectivity index (χ0n) is 8.66. The number of hydrogen-bond donors (Lipinski definition) is 1. The van der Waals surface area contributed by atoms with Crippen LogP contribution in [0.25, 0.3) is 11.0 Å². The van der Waals surface area contributed by atoms with Gasteiger partial charge in [-0.3, -0.25) is 0 Å². The molecular weight excluding hydrogens is 176 g/mol. The average molecular weight is 190 g/mol. The number of para-hydroxylation sites is 1. The van der Waals surface area contributed by atoms with Gasteiger partial charge in [-0.1, -0.05) is 38.1 Å². The minimum atomic E-state index is 0.0471. The van der Waals surface area contributed by atoms with E-state index in [-0.39, 0.29) is 5.41 Å². The van der Waals surface area contributed by atoms with Crippen molar-refractivity contribution >= 4 is 16.8 Å². The summed E-state index contributed by atoms with van der Waals surface area (Å²) in [5.41, 5.74) is 7.67. The fourth-order valence-electron chi connectivity index (χ4n) is 1.57. The highest BCUT2D eigenvalue weighted by atomic mass is 16.5. The van der Waals surface area contributed by atoms with Crippen molar-refractivity contribution in [2.24, 2.45) is 0 Å². The minimum Gasteiger partial charge on any atom is -0.380 e. The molecule has 3 heteroatoms. The molecule has 2 aromatic rings. The van der Waals surface area contributed by atoms with E-state index in [1.807, 2.05) is 18.2 Å². The molecule has 0 aliphatic rings. The van der Waals surface area contributed by atoms with Gasteiger partial charge in [-0.2, -0.15) is 0 Å². The largest absolute Gasteiger partial charge is 0.380 e. The van der Waals surface area contributed by atoms with Crippen molar-refractivity contribution in [2.45, 2.75) is 26.2 Å². The van der Waals surface area contributed by atoms with E-state index in [0.717, 1.165) is 16.5 Å². The fourth-order valence-corrected chi connectivity index (χ4v) is 1.57. The first kappa shape index (κ1) is 9.06. The lowest BCUT2D eigenvalue weighted by molar-refractivity contribution is 0.450.